The van der Waals surface area contributed by atoms with Crippen molar-refractivity contribution in [2.75, 3.05) is 25.1 Å². The van der Waals surface area contributed by atoms with E-state index in [1.54, 1.807) is 0 Å². The molecule has 1 aromatic carbocycles. The lowest BCUT2D eigenvalue weighted by molar-refractivity contribution is -0.143. The Morgan fingerprint density at radius 2 is 2.33 bits per heavy atom. The number of morpholine rings is 1. The molecule has 2 atom stereocenters. The van der Waals surface area contributed by atoms with Gasteiger partial charge in [0.1, 0.15) is 5.75 Å². The highest BCUT2D eigenvalue weighted by Crippen LogP contribution is 2.16. The van der Waals surface area contributed by atoms with E-state index >= 15 is 0 Å². The average Bonchev–Trinajstić information content (AvgIpc) is 2.47. The predicted octanol–water partition coefficient (Wildman–Crippen LogP) is 2.77. The molecular formula is C16H22BrNO3. The van der Waals surface area contributed by atoms with Crippen molar-refractivity contribution in [1.29, 1.82) is 0 Å². The fourth-order valence-corrected chi connectivity index (χ4v) is 2.75. The predicted molar refractivity (Wildman–Crippen MR) is 86.0 cm³/mol. The maximum atomic E-state index is 12.3. The Bertz CT molecular complexity index is 480. The van der Waals surface area contributed by atoms with E-state index in [2.05, 4.69) is 15.9 Å². The molecule has 116 valence electrons. The molecule has 0 aliphatic carbocycles. The van der Waals surface area contributed by atoms with Crippen LogP contribution in [-0.2, 0) is 9.53 Å². The van der Waals surface area contributed by atoms with Crippen LogP contribution in [0.3, 0.4) is 0 Å². The monoisotopic (exact) mass is 355 g/mol. The SMILES string of the molecule is Cc1cccc(OCCC(=O)N2CC(CBr)OCC2C)c1. The number of ether oxygens (including phenoxy) is 2. The van der Waals surface area contributed by atoms with Gasteiger partial charge in [0, 0.05) is 11.9 Å². The molecule has 1 fully saturated rings. The Morgan fingerprint density at radius 1 is 1.52 bits per heavy atom. The van der Waals surface area contributed by atoms with Crippen LogP contribution in [0.15, 0.2) is 24.3 Å². The Kier molecular flexibility index (Phi) is 6.06. The fourth-order valence-electron chi connectivity index (χ4n) is 2.36. The van der Waals surface area contributed by atoms with Crippen LogP contribution in [0.25, 0.3) is 0 Å². The number of rotatable bonds is 5. The van der Waals surface area contributed by atoms with Crippen molar-refractivity contribution < 1.29 is 14.3 Å². The number of halogens is 1. The summed E-state index contributed by atoms with van der Waals surface area (Å²) < 4.78 is 11.3. The number of carbonyl (C=O) groups is 1. The Morgan fingerprint density at radius 3 is 3.05 bits per heavy atom. The third-order valence-corrected chi connectivity index (χ3v) is 4.29. The van der Waals surface area contributed by atoms with Crippen LogP contribution < -0.4 is 4.74 Å². The third-order valence-electron chi connectivity index (χ3n) is 3.57. The lowest BCUT2D eigenvalue weighted by Gasteiger charge is -2.37. The van der Waals surface area contributed by atoms with Crippen LogP contribution in [0.2, 0.25) is 0 Å². The first-order chi connectivity index (χ1) is 10.1. The molecule has 4 nitrogen and oxygen atoms in total. The molecule has 1 aliphatic heterocycles. The topological polar surface area (TPSA) is 38.8 Å². The fraction of sp³-hybridized carbons (Fsp3) is 0.562. The van der Waals surface area contributed by atoms with Crippen molar-refractivity contribution in [1.82, 2.24) is 4.90 Å². The number of amides is 1. The number of nitrogens with zero attached hydrogens (tertiary/aromatic N) is 1. The van der Waals surface area contributed by atoms with Crippen molar-refractivity contribution in [3.05, 3.63) is 29.8 Å². The molecule has 0 radical (unpaired) electrons. The van der Waals surface area contributed by atoms with Gasteiger partial charge in [-0.05, 0) is 31.5 Å². The summed E-state index contributed by atoms with van der Waals surface area (Å²) in [5.74, 6) is 0.945. The summed E-state index contributed by atoms with van der Waals surface area (Å²) >= 11 is 3.41. The highest BCUT2D eigenvalue weighted by Gasteiger charge is 2.28. The molecule has 0 saturated carbocycles. The van der Waals surface area contributed by atoms with Gasteiger partial charge in [-0.25, -0.2) is 0 Å². The molecule has 1 heterocycles. The average molecular weight is 356 g/mol. The normalized spacial score (nSPS) is 22.1. The number of carbonyl (C=O) groups excluding carboxylic acids is 1. The summed E-state index contributed by atoms with van der Waals surface area (Å²) in [5, 5.41) is 0.753. The van der Waals surface area contributed by atoms with Gasteiger partial charge in [-0.15, -0.1) is 0 Å². The second-order valence-corrected chi connectivity index (χ2v) is 6.07. The van der Waals surface area contributed by atoms with Gasteiger partial charge in [-0.1, -0.05) is 28.1 Å². The molecule has 1 aliphatic rings. The second-order valence-electron chi connectivity index (χ2n) is 5.42. The number of aryl methyl sites for hydroxylation is 1. The maximum Gasteiger partial charge on any atom is 0.226 e. The molecule has 1 amide bonds. The minimum Gasteiger partial charge on any atom is -0.493 e. The molecule has 2 unspecified atom stereocenters. The van der Waals surface area contributed by atoms with E-state index in [4.69, 9.17) is 9.47 Å². The molecule has 1 saturated heterocycles. The smallest absolute Gasteiger partial charge is 0.226 e. The lowest BCUT2D eigenvalue weighted by Crippen LogP contribution is -2.51. The van der Waals surface area contributed by atoms with Crippen LogP contribution in [0, 0.1) is 6.92 Å². The standard InChI is InChI=1S/C16H22BrNO3/c1-12-4-3-5-14(8-12)20-7-6-16(19)18-10-15(9-17)21-11-13(18)2/h3-5,8,13,15H,6-7,9-11H2,1-2H3. The van der Waals surface area contributed by atoms with Gasteiger partial charge >= 0.3 is 0 Å². The summed E-state index contributed by atoms with van der Waals surface area (Å²) in [6, 6.07) is 8.00. The van der Waals surface area contributed by atoms with E-state index in [1.165, 1.54) is 0 Å². The summed E-state index contributed by atoms with van der Waals surface area (Å²) in [5.41, 5.74) is 1.15. The van der Waals surface area contributed by atoms with Crippen LogP contribution in [0.5, 0.6) is 5.75 Å². The first-order valence-corrected chi connectivity index (χ1v) is 8.39. The zero-order chi connectivity index (χ0) is 15.2. The number of benzene rings is 1. The van der Waals surface area contributed by atoms with E-state index in [-0.39, 0.29) is 18.1 Å². The highest BCUT2D eigenvalue weighted by molar-refractivity contribution is 9.09. The van der Waals surface area contributed by atoms with E-state index < -0.39 is 0 Å². The van der Waals surface area contributed by atoms with Crippen molar-refractivity contribution in [2.45, 2.75) is 32.4 Å². The van der Waals surface area contributed by atoms with Crippen LogP contribution in [-0.4, -0.2) is 48.0 Å². The van der Waals surface area contributed by atoms with Crippen molar-refractivity contribution >= 4 is 21.8 Å². The van der Waals surface area contributed by atoms with Crippen molar-refractivity contribution in [3.8, 4) is 5.75 Å². The first kappa shape index (κ1) is 16.3. The molecular weight excluding hydrogens is 334 g/mol. The van der Waals surface area contributed by atoms with Crippen LogP contribution >= 0.6 is 15.9 Å². The van der Waals surface area contributed by atoms with E-state index in [0.29, 0.717) is 26.2 Å². The van der Waals surface area contributed by atoms with Crippen molar-refractivity contribution in [3.63, 3.8) is 0 Å². The second kappa shape index (κ2) is 7.80. The first-order valence-electron chi connectivity index (χ1n) is 7.26. The van der Waals surface area contributed by atoms with E-state index in [1.807, 2.05) is 43.0 Å². The molecule has 0 aromatic heterocycles. The van der Waals surface area contributed by atoms with Crippen molar-refractivity contribution in [2.24, 2.45) is 0 Å². The highest BCUT2D eigenvalue weighted by atomic mass is 79.9. The van der Waals surface area contributed by atoms with Crippen LogP contribution in [0.4, 0.5) is 0 Å². The van der Waals surface area contributed by atoms with Gasteiger partial charge in [-0.2, -0.15) is 0 Å². The minimum atomic E-state index is 0.0860. The number of hydrogen-bond acceptors (Lipinski definition) is 3. The van der Waals surface area contributed by atoms with Crippen LogP contribution in [0.1, 0.15) is 18.9 Å². The zero-order valence-corrected chi connectivity index (χ0v) is 14.1. The van der Waals surface area contributed by atoms with Gasteiger partial charge in [0.15, 0.2) is 0 Å². The van der Waals surface area contributed by atoms with Gasteiger partial charge in [0.2, 0.25) is 5.91 Å². The molecule has 21 heavy (non-hydrogen) atoms. The number of hydrogen-bond donors (Lipinski definition) is 0. The molecule has 0 N–H and O–H groups in total. The third kappa shape index (κ3) is 4.71. The molecule has 1 aromatic rings. The quantitative estimate of drug-likeness (QED) is 0.762. The van der Waals surface area contributed by atoms with Gasteiger partial charge in [-0.3, -0.25) is 4.79 Å². The Labute approximate surface area is 134 Å². The minimum absolute atomic E-state index is 0.0860. The molecule has 2 rings (SSSR count). The molecule has 0 bridgehead atoms. The summed E-state index contributed by atoms with van der Waals surface area (Å²) in [6.07, 6.45) is 0.482. The lowest BCUT2D eigenvalue weighted by atomic mass is 10.2. The van der Waals surface area contributed by atoms with Gasteiger partial charge in [0.05, 0.1) is 31.8 Å². The maximum absolute atomic E-state index is 12.3. The van der Waals surface area contributed by atoms with Gasteiger partial charge in [0.25, 0.3) is 0 Å². The zero-order valence-electron chi connectivity index (χ0n) is 12.5. The largest absolute Gasteiger partial charge is 0.493 e. The number of alkyl halides is 1. The Balaban J connectivity index is 1.81. The molecule has 5 heteroatoms. The van der Waals surface area contributed by atoms with E-state index in [9.17, 15) is 4.79 Å². The van der Waals surface area contributed by atoms with Gasteiger partial charge < -0.3 is 14.4 Å². The van der Waals surface area contributed by atoms with E-state index in [0.717, 1.165) is 16.6 Å². The molecule has 0 spiro atoms. The summed E-state index contributed by atoms with van der Waals surface area (Å²) in [4.78, 5) is 14.2. The summed E-state index contributed by atoms with van der Waals surface area (Å²) in [6.45, 7) is 5.69. The Hall–Kier alpha value is -1.07. The summed E-state index contributed by atoms with van der Waals surface area (Å²) in [7, 11) is 0.